The molecule has 0 saturated carbocycles. The fourth-order valence-corrected chi connectivity index (χ4v) is 9.81. The molecule has 17 nitrogen and oxygen atoms in total. The minimum atomic E-state index is -0.685. The van der Waals surface area contributed by atoms with E-state index in [9.17, 15) is 24.9 Å². The number of rotatable bonds is 46. The number of aryl methyl sites for hydroxylation is 2. The van der Waals surface area contributed by atoms with Crippen molar-refractivity contribution >= 4 is 11.9 Å². The Balaban J connectivity index is 0.00000173. The van der Waals surface area contributed by atoms with Gasteiger partial charge in [-0.2, -0.15) is 0 Å². The van der Waals surface area contributed by atoms with Crippen LogP contribution in [0, 0.1) is 11.8 Å². The van der Waals surface area contributed by atoms with Gasteiger partial charge >= 0.3 is 11.9 Å². The maximum atomic E-state index is 11.6. The average Bonchev–Trinajstić information content (AvgIpc) is 1.48. The van der Waals surface area contributed by atoms with Crippen LogP contribution in [-0.2, 0) is 92.0 Å². The Labute approximate surface area is 533 Å². The third-order valence-electron chi connectivity index (χ3n) is 16.3. The van der Waals surface area contributed by atoms with Crippen molar-refractivity contribution in [3.8, 4) is 5.75 Å². The van der Waals surface area contributed by atoms with Gasteiger partial charge in [-0.3, -0.25) is 9.59 Å². The van der Waals surface area contributed by atoms with E-state index in [-0.39, 0.29) is 63.1 Å². The van der Waals surface area contributed by atoms with E-state index in [4.69, 9.17) is 59.8 Å². The summed E-state index contributed by atoms with van der Waals surface area (Å²) < 4.78 is 75.2. The van der Waals surface area contributed by atoms with Gasteiger partial charge in [0.05, 0.1) is 104 Å². The molecule has 504 valence electrons. The first-order valence-corrected chi connectivity index (χ1v) is 31.0. The molecular weight excluding hydrogens is 1120 g/mol. The van der Waals surface area contributed by atoms with Crippen LogP contribution < -0.4 is 4.74 Å². The van der Waals surface area contributed by atoms with Crippen LogP contribution in [0.5, 0.6) is 5.75 Å². The van der Waals surface area contributed by atoms with Gasteiger partial charge in [-0.15, -0.1) is 0 Å². The van der Waals surface area contributed by atoms with Crippen LogP contribution >= 0.6 is 0 Å². The maximum absolute atomic E-state index is 11.6. The fraction of sp³-hybridized carbons (Fsp3) is 0.662. The molecule has 88 heavy (non-hydrogen) atoms. The molecule has 0 aliphatic carbocycles. The monoisotopic (exact) mass is 1240 g/mol. The standard InChI is InChI=1S/C39H60O9.C31H52O8.CH4.H2/c1-9-30(26-47-28-46-21-20-42-5)22-29(2)36(48-27-32-16-18-34(43-6)19-17-32)24-35(44-7)25-37(40)39(3,4)33-14-10-12-31(23-33)13-11-15-38(41)45-8;1-8-24(21-39-22-38-16-15-35-5)17-23(2)28(32)19-27(36-6)20-29(33)31(3,4)26-13-9-11-25(18-26)12-10-14-30(34)37-7;;/h10,12,14,16-19,22-23,30,35-37,40H,9,11,13,15,20-21,24-28H2,1-8H3;9,11,13,17-18,24,27-29,32-33H,8,10,12,14-16,19-22H2,1-7H3;1H4;1H/b29-22-;23-17-;;/t30-,35-,36+,37+;24-,27-,28+,29+;;/m11../s1/i;;;1+1D. The van der Waals surface area contributed by atoms with E-state index in [1.54, 1.807) is 35.5 Å². The molecule has 0 unspecified atom stereocenters. The van der Waals surface area contributed by atoms with Crippen molar-refractivity contribution in [1.82, 2.24) is 0 Å². The quantitative estimate of drug-likeness (QED) is 0.0208. The molecule has 3 rings (SSSR count). The summed E-state index contributed by atoms with van der Waals surface area (Å²) in [6.45, 7) is 20.3. The second-order valence-corrected chi connectivity index (χ2v) is 23.5. The smallest absolute Gasteiger partial charge is 0.305 e. The summed E-state index contributed by atoms with van der Waals surface area (Å²) in [4.78, 5) is 23.0. The maximum Gasteiger partial charge on any atom is 0.305 e. The van der Waals surface area contributed by atoms with Crippen LogP contribution in [0.25, 0.3) is 0 Å². The van der Waals surface area contributed by atoms with E-state index in [1.807, 2.05) is 69.3 Å². The minimum Gasteiger partial charge on any atom is -0.497 e. The minimum absolute atomic E-state index is 0. The lowest BCUT2D eigenvalue weighted by atomic mass is 9.76. The molecule has 8 atom stereocenters. The molecule has 3 N–H and O–H groups in total. The molecule has 0 heterocycles. The van der Waals surface area contributed by atoms with E-state index >= 15 is 0 Å². The normalized spacial score (nSPS) is 15.0. The second kappa shape index (κ2) is 46.5. The Bertz CT molecular complexity index is 2370. The molecular formula is C71H118O17. The number of benzene rings is 3. The Morgan fingerprint density at radius 3 is 1.42 bits per heavy atom. The summed E-state index contributed by atoms with van der Waals surface area (Å²) in [7, 11) is 11.0. The molecule has 0 radical (unpaired) electrons. The van der Waals surface area contributed by atoms with Gasteiger partial charge in [-0.25, -0.2) is 0 Å². The Morgan fingerprint density at radius 1 is 0.568 bits per heavy atom. The fourth-order valence-electron chi connectivity index (χ4n) is 9.81. The van der Waals surface area contributed by atoms with Crippen molar-refractivity contribution in [3.63, 3.8) is 0 Å². The lowest BCUT2D eigenvalue weighted by Crippen LogP contribution is -2.38. The Kier molecular flexibility index (Phi) is 42.0. The number of ether oxygens (including phenoxy) is 12. The van der Waals surface area contributed by atoms with Crippen molar-refractivity contribution in [2.24, 2.45) is 11.8 Å². The van der Waals surface area contributed by atoms with Crippen molar-refractivity contribution in [1.29, 1.82) is 0 Å². The number of esters is 2. The van der Waals surface area contributed by atoms with Crippen LogP contribution in [0.2, 0.25) is 0 Å². The van der Waals surface area contributed by atoms with E-state index in [0.29, 0.717) is 97.6 Å². The number of hydrogen-bond acceptors (Lipinski definition) is 17. The molecule has 3 aromatic carbocycles. The summed E-state index contributed by atoms with van der Waals surface area (Å²) in [5.41, 5.74) is 6.25. The summed E-state index contributed by atoms with van der Waals surface area (Å²) >= 11 is 0. The van der Waals surface area contributed by atoms with E-state index in [2.05, 4.69) is 71.0 Å². The lowest BCUT2D eigenvalue weighted by Gasteiger charge is -2.34. The number of aliphatic hydroxyl groups excluding tert-OH is 3. The Hall–Kier alpha value is -4.60. The predicted molar refractivity (Wildman–Crippen MR) is 350 cm³/mol. The molecule has 3 aromatic rings. The number of carbonyl (C=O) groups excluding carboxylic acids is 2. The molecule has 0 aliphatic rings. The number of aliphatic hydroxyl groups is 3. The summed E-state index contributed by atoms with van der Waals surface area (Å²) in [6.07, 6.45) is 8.72. The van der Waals surface area contributed by atoms with Gasteiger partial charge in [0.1, 0.15) is 19.3 Å². The van der Waals surface area contributed by atoms with Crippen LogP contribution in [-0.4, -0.2) is 167 Å². The largest absolute Gasteiger partial charge is 0.497 e. The molecule has 0 aromatic heterocycles. The highest BCUT2D eigenvalue weighted by Crippen LogP contribution is 2.34. The first-order valence-electron chi connectivity index (χ1n) is 32.0. The number of carbonyl (C=O) groups is 2. The van der Waals surface area contributed by atoms with Gasteiger partial charge in [0.25, 0.3) is 0 Å². The first-order chi connectivity index (χ1) is 42.6. The third kappa shape index (κ3) is 31.9. The highest BCUT2D eigenvalue weighted by Gasteiger charge is 2.35. The van der Waals surface area contributed by atoms with Gasteiger partial charge < -0.3 is 72.2 Å². The summed E-state index contributed by atoms with van der Waals surface area (Å²) in [5.74, 6) is 0.739. The van der Waals surface area contributed by atoms with E-state index < -0.39 is 29.1 Å². The van der Waals surface area contributed by atoms with Crippen molar-refractivity contribution in [2.75, 3.05) is 103 Å². The molecule has 0 aliphatic heterocycles. The van der Waals surface area contributed by atoms with E-state index in [0.717, 1.165) is 70.4 Å². The van der Waals surface area contributed by atoms with Crippen molar-refractivity contribution in [2.45, 2.75) is 194 Å². The molecule has 0 saturated heterocycles. The van der Waals surface area contributed by atoms with Gasteiger partial charge in [-0.05, 0) is 103 Å². The average molecular weight is 1250 g/mol. The Morgan fingerprint density at radius 2 is 1.01 bits per heavy atom. The van der Waals surface area contributed by atoms with Crippen LogP contribution in [0.1, 0.15) is 158 Å². The van der Waals surface area contributed by atoms with Gasteiger partial charge in [0.2, 0.25) is 0 Å². The van der Waals surface area contributed by atoms with Crippen molar-refractivity contribution in [3.05, 3.63) is 124 Å². The van der Waals surface area contributed by atoms with Gasteiger partial charge in [0, 0.05) is 92.6 Å². The van der Waals surface area contributed by atoms with Crippen molar-refractivity contribution < 1.29 is 84.7 Å². The zero-order valence-electron chi connectivity index (χ0n) is 57.6. The summed E-state index contributed by atoms with van der Waals surface area (Å²) in [5, 5.41) is 33.8. The molecule has 0 bridgehead atoms. The second-order valence-electron chi connectivity index (χ2n) is 23.5. The van der Waals surface area contributed by atoms with Gasteiger partial charge in [-0.1, -0.05) is 122 Å². The van der Waals surface area contributed by atoms with Crippen LogP contribution in [0.15, 0.2) is 96.1 Å². The highest BCUT2D eigenvalue weighted by atomic mass is 16.7. The number of methoxy groups -OCH3 is 7. The van der Waals surface area contributed by atoms with Crippen LogP contribution in [0.3, 0.4) is 0 Å². The zero-order chi connectivity index (χ0) is 66.6. The molecule has 0 fully saturated rings. The third-order valence-corrected chi connectivity index (χ3v) is 16.3. The SMILES string of the molecule is C.CC[C@H](/C=C(/C)[C@@H](O)C[C@H](C[C@H](O)C(C)(C)c1cccc(CCCC(=O)OC)c1)OC)COCOCCOC.CC[C@H](/C=C(/C)[C@H](C[C@H](C[C@H](O)C(C)(C)c1cccc(CCCC(=O)OC)c1)OC)OCc1ccc(OC)cc1)COCOCCOC.[2H][2H]. The lowest BCUT2D eigenvalue weighted by molar-refractivity contribution is -0.141. The molecule has 0 spiro atoms. The first kappa shape index (κ1) is 79.5. The molecule has 0 amide bonds. The summed E-state index contributed by atoms with van der Waals surface area (Å²) in [6, 6.07) is 24.3. The van der Waals surface area contributed by atoms with Gasteiger partial charge in [0.15, 0.2) is 0 Å². The predicted octanol–water partition coefficient (Wildman–Crippen LogP) is 12.3. The zero-order valence-corrected chi connectivity index (χ0v) is 55.6. The number of hydrogen-bond donors (Lipinski definition) is 3. The molecule has 17 heteroatoms. The highest BCUT2D eigenvalue weighted by molar-refractivity contribution is 5.69. The topological polar surface area (TPSA) is 206 Å². The van der Waals surface area contributed by atoms with Crippen LogP contribution in [0.4, 0.5) is 0 Å². The van der Waals surface area contributed by atoms with E-state index in [1.165, 1.54) is 14.2 Å².